The lowest BCUT2D eigenvalue weighted by atomic mass is 9.89. The van der Waals surface area contributed by atoms with E-state index in [1.807, 2.05) is 30.3 Å². The molecule has 42 heavy (non-hydrogen) atoms. The lowest BCUT2D eigenvalue weighted by Gasteiger charge is -2.49. The zero-order valence-electron chi connectivity index (χ0n) is 25.0. The third-order valence-corrected chi connectivity index (χ3v) is 7.56. The first-order chi connectivity index (χ1) is 19.6. The third-order valence-electron chi connectivity index (χ3n) is 7.56. The molecule has 0 fully saturated rings. The van der Waals surface area contributed by atoms with Crippen molar-refractivity contribution >= 4 is 12.2 Å². The second-order valence-electron chi connectivity index (χ2n) is 12.1. The number of aliphatic hydroxyl groups is 4. The van der Waals surface area contributed by atoms with Gasteiger partial charge in [0.2, 0.25) is 0 Å². The summed E-state index contributed by atoms with van der Waals surface area (Å²) in [4.78, 5) is 26.5. The van der Waals surface area contributed by atoms with Crippen LogP contribution in [0.1, 0.15) is 45.7 Å². The molecule has 2 rings (SSSR count). The first-order valence-corrected chi connectivity index (χ1v) is 14.1. The summed E-state index contributed by atoms with van der Waals surface area (Å²) < 4.78 is 0. The molecular formula is C31H45N3O8-2. The predicted molar refractivity (Wildman–Crippen MR) is 154 cm³/mol. The lowest BCUT2D eigenvalue weighted by Crippen LogP contribution is -2.66. The standard InChI is InChI=1S/C31H47N3O8/c1-30(2,3)33(28(39)40)23(16-21-12-8-6-9-13-21)25(36)18-32-19-26(37)24(17-22-14-10-7-11-15-22)34(29(41)42)31(4,5)27(38)20-35/h6-15,23-27,32,35-38H,16-20H2,1-5H3,(H,39,40)(H,41,42)/p-2/t23-,24-,25+,26+,27+/m0/s1. The molecule has 0 saturated heterocycles. The molecule has 0 unspecified atom stereocenters. The first-order valence-electron chi connectivity index (χ1n) is 14.1. The van der Waals surface area contributed by atoms with Crippen LogP contribution in [0, 0.1) is 0 Å². The number of hydrogen-bond donors (Lipinski definition) is 5. The number of carbonyl (C=O) groups excluding carboxylic acids is 2. The van der Waals surface area contributed by atoms with E-state index in [0.29, 0.717) is 0 Å². The highest BCUT2D eigenvalue weighted by molar-refractivity contribution is 5.65. The van der Waals surface area contributed by atoms with E-state index in [2.05, 4.69) is 5.32 Å². The minimum absolute atomic E-state index is 0.0704. The van der Waals surface area contributed by atoms with Crippen molar-refractivity contribution < 1.29 is 40.2 Å². The van der Waals surface area contributed by atoms with E-state index in [9.17, 15) is 40.2 Å². The van der Waals surface area contributed by atoms with Crippen molar-refractivity contribution in [3.63, 3.8) is 0 Å². The molecule has 5 N–H and O–H groups in total. The average molecular weight is 588 g/mol. The van der Waals surface area contributed by atoms with Gasteiger partial charge in [-0.3, -0.25) is 0 Å². The molecule has 234 valence electrons. The highest BCUT2D eigenvalue weighted by Gasteiger charge is 2.41. The van der Waals surface area contributed by atoms with Crippen LogP contribution >= 0.6 is 0 Å². The molecule has 11 heteroatoms. The van der Waals surface area contributed by atoms with Crippen LogP contribution in [-0.4, -0.2) is 104 Å². The fraction of sp³-hybridized carbons (Fsp3) is 0.548. The molecule has 0 saturated carbocycles. The molecule has 11 nitrogen and oxygen atoms in total. The Kier molecular flexibility index (Phi) is 12.7. The molecule has 0 aliphatic rings. The minimum atomic E-state index is -1.63. The van der Waals surface area contributed by atoms with E-state index in [1.54, 1.807) is 51.1 Å². The summed E-state index contributed by atoms with van der Waals surface area (Å²) in [6, 6.07) is 16.0. The van der Waals surface area contributed by atoms with Crippen molar-refractivity contribution in [1.82, 2.24) is 15.1 Å². The molecule has 2 aromatic carbocycles. The predicted octanol–water partition coefficient (Wildman–Crippen LogP) is -0.259. The van der Waals surface area contributed by atoms with Gasteiger partial charge in [-0.25, -0.2) is 0 Å². The molecule has 2 aromatic rings. The maximum Gasteiger partial charge on any atom is 0.137 e. The van der Waals surface area contributed by atoms with E-state index in [1.165, 1.54) is 13.8 Å². The maximum atomic E-state index is 12.4. The third kappa shape index (κ3) is 9.40. The number of hydrogen-bond acceptors (Lipinski definition) is 9. The van der Waals surface area contributed by atoms with E-state index >= 15 is 0 Å². The minimum Gasteiger partial charge on any atom is -0.530 e. The van der Waals surface area contributed by atoms with Gasteiger partial charge in [-0.15, -0.1) is 0 Å². The number of benzene rings is 2. The summed E-state index contributed by atoms with van der Waals surface area (Å²) in [6.07, 6.45) is -6.80. The van der Waals surface area contributed by atoms with Crippen molar-refractivity contribution in [1.29, 1.82) is 0 Å². The van der Waals surface area contributed by atoms with Crippen LogP contribution in [-0.2, 0) is 12.8 Å². The van der Waals surface area contributed by atoms with Gasteiger partial charge in [0.15, 0.2) is 0 Å². The number of carboxylic acid groups (broad SMARTS) is 2. The number of carbonyl (C=O) groups is 2. The van der Waals surface area contributed by atoms with Gasteiger partial charge in [0.1, 0.15) is 12.2 Å². The molecule has 0 bridgehead atoms. The summed E-state index contributed by atoms with van der Waals surface area (Å²) in [6.45, 7) is 6.97. The van der Waals surface area contributed by atoms with E-state index in [4.69, 9.17) is 0 Å². The zero-order chi connectivity index (χ0) is 31.7. The Labute approximate surface area is 248 Å². The average Bonchev–Trinajstić information content (AvgIpc) is 2.91. The Bertz CT molecular complexity index is 1110. The Morgan fingerprint density at radius 3 is 1.45 bits per heavy atom. The van der Waals surface area contributed by atoms with Gasteiger partial charge in [-0.05, 0) is 58.6 Å². The van der Waals surface area contributed by atoms with E-state index in [0.717, 1.165) is 20.9 Å². The largest absolute Gasteiger partial charge is 0.530 e. The van der Waals surface area contributed by atoms with Crippen LogP contribution in [0.15, 0.2) is 60.7 Å². The number of nitrogens with zero attached hydrogens (tertiary/aromatic N) is 2. The summed E-state index contributed by atoms with van der Waals surface area (Å²) in [5.74, 6) is 0. The van der Waals surface area contributed by atoms with Gasteiger partial charge in [-0.1, -0.05) is 60.7 Å². The Balaban J connectivity index is 2.30. The maximum absolute atomic E-state index is 12.4. The van der Waals surface area contributed by atoms with Crippen LogP contribution in [0.3, 0.4) is 0 Å². The van der Waals surface area contributed by atoms with Crippen LogP contribution < -0.4 is 15.5 Å². The smallest absolute Gasteiger partial charge is 0.137 e. The summed E-state index contributed by atoms with van der Waals surface area (Å²) in [5, 5.41) is 70.0. The van der Waals surface area contributed by atoms with Crippen LogP contribution in [0.25, 0.3) is 0 Å². The number of aliphatic hydroxyl groups excluding tert-OH is 4. The van der Waals surface area contributed by atoms with Crippen molar-refractivity contribution in [3.05, 3.63) is 71.8 Å². The molecule has 5 atom stereocenters. The van der Waals surface area contributed by atoms with Crippen molar-refractivity contribution in [2.45, 2.75) is 88.9 Å². The van der Waals surface area contributed by atoms with Gasteiger partial charge >= 0.3 is 0 Å². The van der Waals surface area contributed by atoms with Crippen LogP contribution in [0.4, 0.5) is 9.59 Å². The van der Waals surface area contributed by atoms with Crippen LogP contribution in [0.2, 0.25) is 0 Å². The van der Waals surface area contributed by atoms with E-state index < -0.39 is 60.3 Å². The second kappa shape index (κ2) is 15.3. The van der Waals surface area contributed by atoms with Gasteiger partial charge in [0, 0.05) is 18.6 Å². The molecule has 0 radical (unpaired) electrons. The zero-order valence-corrected chi connectivity index (χ0v) is 25.0. The van der Waals surface area contributed by atoms with Gasteiger partial charge in [-0.2, -0.15) is 0 Å². The van der Waals surface area contributed by atoms with Crippen LogP contribution in [0.5, 0.6) is 0 Å². The number of rotatable bonds is 15. The highest BCUT2D eigenvalue weighted by atomic mass is 16.4. The Morgan fingerprint density at radius 2 is 1.12 bits per heavy atom. The summed E-state index contributed by atoms with van der Waals surface area (Å²) >= 11 is 0. The summed E-state index contributed by atoms with van der Waals surface area (Å²) in [7, 11) is 0. The molecule has 0 aliphatic heterocycles. The van der Waals surface area contributed by atoms with Gasteiger partial charge < -0.3 is 55.3 Å². The second-order valence-corrected chi connectivity index (χ2v) is 12.1. The number of amides is 2. The fourth-order valence-electron chi connectivity index (χ4n) is 5.25. The van der Waals surface area contributed by atoms with Crippen molar-refractivity contribution in [2.24, 2.45) is 0 Å². The van der Waals surface area contributed by atoms with Crippen molar-refractivity contribution in [3.8, 4) is 0 Å². The Hall–Kier alpha value is -3.22. The van der Waals surface area contributed by atoms with Gasteiger partial charge in [0.05, 0.1) is 42.5 Å². The molecule has 0 aromatic heterocycles. The van der Waals surface area contributed by atoms with E-state index in [-0.39, 0.29) is 25.9 Å². The fourth-order valence-corrected chi connectivity index (χ4v) is 5.25. The molecule has 0 spiro atoms. The quantitative estimate of drug-likeness (QED) is 0.188. The lowest BCUT2D eigenvalue weighted by molar-refractivity contribution is -0.279. The summed E-state index contributed by atoms with van der Waals surface area (Å²) in [5.41, 5.74) is -0.863. The molecule has 0 aliphatic carbocycles. The normalized spacial score (nSPS) is 15.7. The SMILES string of the molecule is CC(C)(C)N(C(=O)[O-])[C@@H](Cc1ccccc1)[C@H](O)CNC[C@@H](O)[C@H](Cc1ccccc1)N(C(=O)[O-])C(C)(C)[C@H](O)CO. The Morgan fingerprint density at radius 1 is 0.738 bits per heavy atom. The topological polar surface area (TPSA) is 180 Å². The molecule has 2 amide bonds. The first kappa shape index (κ1) is 35.0. The molecular weight excluding hydrogens is 542 g/mol. The molecule has 0 heterocycles. The number of nitrogens with one attached hydrogen (secondary N) is 1. The van der Waals surface area contributed by atoms with Crippen molar-refractivity contribution in [2.75, 3.05) is 19.7 Å². The highest BCUT2D eigenvalue weighted by Crippen LogP contribution is 2.26. The van der Waals surface area contributed by atoms with Gasteiger partial charge in [0.25, 0.3) is 0 Å². The monoisotopic (exact) mass is 587 g/mol.